The maximum absolute atomic E-state index is 13.5. The minimum Gasteiger partial charge on any atom is -0.454 e. The topological polar surface area (TPSA) is 59.0 Å². The minimum atomic E-state index is -0.488. The van der Waals surface area contributed by atoms with E-state index in [-0.39, 0.29) is 15.9 Å². The molecule has 0 aliphatic rings. The van der Waals surface area contributed by atoms with Crippen molar-refractivity contribution in [1.82, 2.24) is 0 Å². The Labute approximate surface area is 126 Å². The number of hydrogen-bond donors (Lipinski definition) is 1. The van der Waals surface area contributed by atoms with Crippen LogP contribution in [-0.4, -0.2) is 0 Å². The Morgan fingerprint density at radius 2 is 1.89 bits per heavy atom. The van der Waals surface area contributed by atoms with Gasteiger partial charge in [-0.1, -0.05) is 6.07 Å². The maximum Gasteiger partial charge on any atom is 0.153 e. The number of nitrogens with two attached hydrogens (primary N) is 1. The van der Waals surface area contributed by atoms with Crippen LogP contribution in [0.1, 0.15) is 5.56 Å². The number of benzene rings is 2. The smallest absolute Gasteiger partial charge is 0.153 e. The first-order chi connectivity index (χ1) is 9.02. The average Bonchev–Trinajstić information content (AvgIpc) is 2.36. The number of halogens is 3. The highest BCUT2D eigenvalue weighted by atomic mass is 79.9. The number of nitrogens with zero attached hydrogens (tertiary/aromatic N) is 1. The summed E-state index contributed by atoms with van der Waals surface area (Å²) in [6.07, 6.45) is 0. The van der Waals surface area contributed by atoms with Crippen LogP contribution in [0.4, 0.5) is 10.1 Å². The van der Waals surface area contributed by atoms with Crippen LogP contribution in [0, 0.1) is 17.1 Å². The fraction of sp³-hybridized carbons (Fsp3) is 0. The molecule has 0 spiro atoms. The zero-order valence-electron chi connectivity index (χ0n) is 9.45. The molecule has 19 heavy (non-hydrogen) atoms. The van der Waals surface area contributed by atoms with Crippen LogP contribution >= 0.6 is 31.9 Å². The van der Waals surface area contributed by atoms with Crippen molar-refractivity contribution in [2.75, 3.05) is 5.73 Å². The minimum absolute atomic E-state index is 0.162. The van der Waals surface area contributed by atoms with E-state index >= 15 is 0 Å². The lowest BCUT2D eigenvalue weighted by molar-refractivity contribution is 0.477. The third-order valence-electron chi connectivity index (χ3n) is 2.36. The molecule has 0 aliphatic heterocycles. The van der Waals surface area contributed by atoms with Crippen molar-refractivity contribution < 1.29 is 9.13 Å². The number of hydrogen-bond acceptors (Lipinski definition) is 3. The number of nitriles is 1. The molecule has 0 bridgehead atoms. The van der Waals surface area contributed by atoms with Crippen LogP contribution in [0.15, 0.2) is 39.3 Å². The van der Waals surface area contributed by atoms with Gasteiger partial charge in [-0.15, -0.1) is 0 Å². The summed E-state index contributed by atoms with van der Waals surface area (Å²) >= 11 is 6.28. The lowest BCUT2D eigenvalue weighted by Gasteiger charge is -2.11. The van der Waals surface area contributed by atoms with Crippen molar-refractivity contribution >= 4 is 37.5 Å². The summed E-state index contributed by atoms with van der Waals surface area (Å²) in [6.45, 7) is 0. The molecular weight excluding hydrogens is 379 g/mol. The first kappa shape index (κ1) is 13.8. The van der Waals surface area contributed by atoms with Crippen LogP contribution in [0.3, 0.4) is 0 Å². The zero-order chi connectivity index (χ0) is 14.0. The summed E-state index contributed by atoms with van der Waals surface area (Å²) in [6, 6.07) is 9.64. The van der Waals surface area contributed by atoms with Gasteiger partial charge in [-0.2, -0.15) is 5.26 Å². The highest BCUT2D eigenvalue weighted by Crippen LogP contribution is 2.35. The average molecular weight is 386 g/mol. The van der Waals surface area contributed by atoms with E-state index in [4.69, 9.17) is 15.7 Å². The summed E-state index contributed by atoms with van der Waals surface area (Å²) in [4.78, 5) is 0. The van der Waals surface area contributed by atoms with Crippen molar-refractivity contribution in [1.29, 1.82) is 5.26 Å². The largest absolute Gasteiger partial charge is 0.454 e. The summed E-state index contributed by atoms with van der Waals surface area (Å²) in [7, 11) is 0. The van der Waals surface area contributed by atoms with Gasteiger partial charge in [0.15, 0.2) is 5.75 Å². The van der Waals surface area contributed by atoms with E-state index in [1.54, 1.807) is 18.2 Å². The predicted octanol–water partition coefficient (Wildman–Crippen LogP) is 4.60. The summed E-state index contributed by atoms with van der Waals surface area (Å²) in [5.41, 5.74) is 6.35. The first-order valence-electron chi connectivity index (χ1n) is 5.14. The zero-order valence-corrected chi connectivity index (χ0v) is 12.6. The van der Waals surface area contributed by atoms with Gasteiger partial charge < -0.3 is 10.5 Å². The number of ether oxygens (including phenoxy) is 1. The van der Waals surface area contributed by atoms with Gasteiger partial charge in [-0.25, -0.2) is 4.39 Å². The second kappa shape index (κ2) is 5.59. The number of rotatable bonds is 2. The Bertz CT molecular complexity index is 683. The highest BCUT2D eigenvalue weighted by molar-refractivity contribution is 9.10. The molecule has 0 saturated heterocycles. The molecule has 0 heterocycles. The van der Waals surface area contributed by atoms with Crippen molar-refractivity contribution in [3.05, 3.63) is 50.7 Å². The predicted molar refractivity (Wildman–Crippen MR) is 77.4 cm³/mol. The molecule has 0 saturated carbocycles. The Hall–Kier alpha value is -1.58. The molecule has 0 unspecified atom stereocenters. The van der Waals surface area contributed by atoms with E-state index < -0.39 is 5.82 Å². The molecule has 0 amide bonds. The van der Waals surface area contributed by atoms with Gasteiger partial charge in [0, 0.05) is 10.5 Å². The Kier molecular flexibility index (Phi) is 4.08. The lowest BCUT2D eigenvalue weighted by atomic mass is 10.2. The third kappa shape index (κ3) is 2.88. The van der Waals surface area contributed by atoms with E-state index in [0.29, 0.717) is 15.8 Å². The SMILES string of the molecule is N#Cc1c(Br)cccc1Oc1cc(F)c(Br)cc1N. The molecule has 2 N–H and O–H groups in total. The molecular formula is C13H7Br2FN2O. The van der Waals surface area contributed by atoms with Crippen molar-refractivity contribution in [3.63, 3.8) is 0 Å². The van der Waals surface area contributed by atoms with Gasteiger partial charge in [0.2, 0.25) is 0 Å². The molecule has 0 radical (unpaired) electrons. The van der Waals surface area contributed by atoms with Gasteiger partial charge in [0.05, 0.1) is 10.2 Å². The fourth-order valence-electron chi connectivity index (χ4n) is 1.45. The van der Waals surface area contributed by atoms with Crippen molar-refractivity contribution in [3.8, 4) is 17.6 Å². The molecule has 2 rings (SSSR count). The van der Waals surface area contributed by atoms with Gasteiger partial charge in [0.1, 0.15) is 23.2 Å². The van der Waals surface area contributed by atoms with Gasteiger partial charge in [0.25, 0.3) is 0 Å². The van der Waals surface area contributed by atoms with Gasteiger partial charge in [-0.3, -0.25) is 0 Å². The maximum atomic E-state index is 13.5. The van der Waals surface area contributed by atoms with Crippen molar-refractivity contribution in [2.24, 2.45) is 0 Å². The van der Waals surface area contributed by atoms with Crippen LogP contribution in [-0.2, 0) is 0 Å². The highest BCUT2D eigenvalue weighted by Gasteiger charge is 2.12. The Balaban J connectivity index is 2.45. The van der Waals surface area contributed by atoms with Crippen LogP contribution in [0.2, 0.25) is 0 Å². The van der Waals surface area contributed by atoms with Crippen molar-refractivity contribution in [2.45, 2.75) is 0 Å². The van der Waals surface area contributed by atoms with Gasteiger partial charge >= 0.3 is 0 Å². The molecule has 0 aliphatic carbocycles. The van der Waals surface area contributed by atoms with Crippen LogP contribution in [0.5, 0.6) is 11.5 Å². The third-order valence-corrected chi connectivity index (χ3v) is 3.63. The normalized spacial score (nSPS) is 10.0. The Morgan fingerprint density at radius 1 is 1.16 bits per heavy atom. The Morgan fingerprint density at radius 3 is 2.58 bits per heavy atom. The van der Waals surface area contributed by atoms with E-state index in [0.717, 1.165) is 0 Å². The van der Waals surface area contributed by atoms with Gasteiger partial charge in [-0.05, 0) is 50.1 Å². The molecule has 0 aromatic heterocycles. The summed E-state index contributed by atoms with van der Waals surface area (Å²) in [5, 5.41) is 9.07. The fourth-order valence-corrected chi connectivity index (χ4v) is 2.25. The molecule has 6 heteroatoms. The molecule has 2 aromatic rings. The van der Waals surface area contributed by atoms with E-state index in [1.807, 2.05) is 6.07 Å². The van der Waals surface area contributed by atoms with E-state index in [9.17, 15) is 4.39 Å². The standard InChI is InChI=1S/C13H7Br2FN2O/c14-8-2-1-3-12(7(8)6-17)19-13-5-10(16)9(15)4-11(13)18/h1-5H,18H2. The number of anilines is 1. The number of nitrogen functional groups attached to an aromatic ring is 1. The second-order valence-electron chi connectivity index (χ2n) is 3.63. The van der Waals surface area contributed by atoms with E-state index in [2.05, 4.69) is 31.9 Å². The molecule has 96 valence electrons. The molecule has 3 nitrogen and oxygen atoms in total. The quantitative estimate of drug-likeness (QED) is 0.768. The summed E-state index contributed by atoms with van der Waals surface area (Å²) in [5.74, 6) is -0.0155. The van der Waals surface area contributed by atoms with E-state index in [1.165, 1.54) is 12.1 Å². The lowest BCUT2D eigenvalue weighted by Crippen LogP contribution is -1.95. The summed E-state index contributed by atoms with van der Waals surface area (Å²) < 4.78 is 19.8. The molecule has 0 atom stereocenters. The first-order valence-corrected chi connectivity index (χ1v) is 6.72. The van der Waals surface area contributed by atoms with Crippen LogP contribution in [0.25, 0.3) is 0 Å². The molecule has 2 aromatic carbocycles. The monoisotopic (exact) mass is 384 g/mol. The van der Waals surface area contributed by atoms with Crippen LogP contribution < -0.4 is 10.5 Å². The second-order valence-corrected chi connectivity index (χ2v) is 5.34. The molecule has 0 fully saturated rings.